The van der Waals surface area contributed by atoms with Gasteiger partial charge in [-0.15, -0.1) is 0 Å². The lowest BCUT2D eigenvalue weighted by molar-refractivity contribution is -0.383. The number of furan rings is 1. The predicted molar refractivity (Wildman–Crippen MR) is 74.0 cm³/mol. The molecule has 104 valence electrons. The first kappa shape index (κ1) is 14.0. The Labute approximate surface area is 119 Å². The van der Waals surface area contributed by atoms with Crippen molar-refractivity contribution in [2.24, 2.45) is 0 Å². The number of carbonyl (C=O) groups is 1. The van der Waals surface area contributed by atoms with Crippen molar-refractivity contribution < 1.29 is 14.1 Å². The molecule has 0 bridgehead atoms. The second-order valence-corrected chi connectivity index (χ2v) is 3.95. The predicted octanol–water partition coefficient (Wildman–Crippen LogP) is 2.73. The lowest BCUT2D eigenvalue weighted by Crippen LogP contribution is -2.14. The van der Waals surface area contributed by atoms with Crippen LogP contribution < -0.4 is 5.32 Å². The van der Waals surface area contributed by atoms with Crippen LogP contribution in [0.5, 0.6) is 0 Å². The molecule has 2 rings (SSSR count). The van der Waals surface area contributed by atoms with Crippen molar-refractivity contribution in [3.8, 4) is 6.07 Å². The third-order valence-corrected chi connectivity index (χ3v) is 2.57. The molecule has 7 heteroatoms. The highest BCUT2D eigenvalue weighted by Gasteiger charge is 2.17. The Morgan fingerprint density at radius 2 is 2.14 bits per heavy atom. The van der Waals surface area contributed by atoms with E-state index in [0.29, 0.717) is 5.56 Å². The van der Waals surface area contributed by atoms with Crippen molar-refractivity contribution >= 4 is 23.4 Å². The number of benzene rings is 1. The first-order valence-corrected chi connectivity index (χ1v) is 5.80. The fourth-order valence-corrected chi connectivity index (χ4v) is 1.60. The fourth-order valence-electron chi connectivity index (χ4n) is 1.60. The summed E-state index contributed by atoms with van der Waals surface area (Å²) in [6.45, 7) is 0. The van der Waals surface area contributed by atoms with Crippen LogP contribution >= 0.6 is 0 Å². The van der Waals surface area contributed by atoms with Crippen LogP contribution in [-0.2, 0) is 4.79 Å². The van der Waals surface area contributed by atoms with Crippen molar-refractivity contribution in [3.05, 3.63) is 64.1 Å². The van der Waals surface area contributed by atoms with Crippen molar-refractivity contribution in [1.82, 2.24) is 0 Å². The summed E-state index contributed by atoms with van der Waals surface area (Å²) in [7, 11) is 0. The molecule has 1 aromatic heterocycles. The summed E-state index contributed by atoms with van der Waals surface area (Å²) in [6.07, 6.45) is 4.10. The largest absolute Gasteiger partial charge is 0.472 e. The molecule has 0 spiro atoms. The summed E-state index contributed by atoms with van der Waals surface area (Å²) in [5, 5.41) is 22.2. The molecule has 0 fully saturated rings. The molecule has 0 unspecified atom stereocenters. The maximum absolute atomic E-state index is 12.0. The van der Waals surface area contributed by atoms with Crippen LogP contribution in [0.4, 0.5) is 11.4 Å². The number of rotatable bonds is 4. The highest BCUT2D eigenvalue weighted by atomic mass is 16.6. The minimum absolute atomic E-state index is 0.0286. The lowest BCUT2D eigenvalue weighted by Gasteiger charge is -2.04. The van der Waals surface area contributed by atoms with Crippen molar-refractivity contribution in [2.75, 3.05) is 5.32 Å². The van der Waals surface area contributed by atoms with Gasteiger partial charge in [-0.2, -0.15) is 5.26 Å². The highest BCUT2D eigenvalue weighted by Crippen LogP contribution is 2.23. The molecule has 1 N–H and O–H groups in total. The topological polar surface area (TPSA) is 109 Å². The maximum atomic E-state index is 12.0. The van der Waals surface area contributed by atoms with Gasteiger partial charge < -0.3 is 9.73 Å². The summed E-state index contributed by atoms with van der Waals surface area (Å²) >= 11 is 0. The van der Waals surface area contributed by atoms with Gasteiger partial charge in [-0.25, -0.2) is 0 Å². The average Bonchev–Trinajstić information content (AvgIpc) is 2.98. The first-order valence-electron chi connectivity index (χ1n) is 5.80. The number of nitro benzene ring substituents is 1. The van der Waals surface area contributed by atoms with Crippen LogP contribution in [0, 0.1) is 21.4 Å². The number of para-hydroxylation sites is 2. The molecule has 7 nitrogen and oxygen atoms in total. The van der Waals surface area contributed by atoms with E-state index in [2.05, 4.69) is 5.32 Å². The SMILES string of the molecule is N#C/C(=C\c1ccoc1)C(=O)Nc1ccccc1[N+](=O)[O-]. The Hall–Kier alpha value is -3.40. The van der Waals surface area contributed by atoms with Gasteiger partial charge in [0.2, 0.25) is 0 Å². The van der Waals surface area contributed by atoms with Gasteiger partial charge in [-0.3, -0.25) is 14.9 Å². The average molecular weight is 283 g/mol. The molecule has 0 aliphatic heterocycles. The molecule has 0 aliphatic carbocycles. The minimum atomic E-state index is -0.729. The highest BCUT2D eigenvalue weighted by molar-refractivity contribution is 6.10. The van der Waals surface area contributed by atoms with E-state index >= 15 is 0 Å². The third-order valence-electron chi connectivity index (χ3n) is 2.57. The maximum Gasteiger partial charge on any atom is 0.292 e. The molecule has 0 atom stereocenters. The van der Waals surface area contributed by atoms with Crippen LogP contribution in [0.3, 0.4) is 0 Å². The number of nitro groups is 1. The van der Waals surface area contributed by atoms with Gasteiger partial charge in [-0.1, -0.05) is 12.1 Å². The second kappa shape index (κ2) is 6.16. The number of hydrogen-bond acceptors (Lipinski definition) is 5. The van der Waals surface area contributed by atoms with Gasteiger partial charge in [-0.05, 0) is 18.2 Å². The van der Waals surface area contributed by atoms with E-state index in [1.807, 2.05) is 0 Å². The normalized spacial score (nSPS) is 10.7. The van der Waals surface area contributed by atoms with Crippen molar-refractivity contribution in [1.29, 1.82) is 5.26 Å². The fraction of sp³-hybridized carbons (Fsp3) is 0. The second-order valence-electron chi connectivity index (χ2n) is 3.95. The van der Waals surface area contributed by atoms with Crippen LogP contribution in [0.25, 0.3) is 6.08 Å². The van der Waals surface area contributed by atoms with Crippen LogP contribution in [0.15, 0.2) is 52.8 Å². The van der Waals surface area contributed by atoms with Crippen LogP contribution in [0.1, 0.15) is 5.56 Å². The Bertz CT molecular complexity index is 742. The standard InChI is InChI=1S/C14H9N3O4/c15-8-11(7-10-5-6-21-9-10)14(18)16-12-3-1-2-4-13(12)17(19)20/h1-7,9H,(H,16,18)/b11-7+. The number of nitrogens with one attached hydrogen (secondary N) is 1. The van der Waals surface area contributed by atoms with Gasteiger partial charge in [0.1, 0.15) is 17.3 Å². The van der Waals surface area contributed by atoms with Gasteiger partial charge in [0.15, 0.2) is 0 Å². The van der Waals surface area contributed by atoms with E-state index in [9.17, 15) is 14.9 Å². The van der Waals surface area contributed by atoms with Crippen molar-refractivity contribution in [2.45, 2.75) is 0 Å². The Morgan fingerprint density at radius 3 is 2.76 bits per heavy atom. The Balaban J connectivity index is 2.25. The lowest BCUT2D eigenvalue weighted by atomic mass is 10.2. The van der Waals surface area contributed by atoms with Gasteiger partial charge >= 0.3 is 0 Å². The van der Waals surface area contributed by atoms with Crippen LogP contribution in [-0.4, -0.2) is 10.8 Å². The number of carbonyl (C=O) groups excluding carboxylic acids is 1. The smallest absolute Gasteiger partial charge is 0.292 e. The molecule has 0 aliphatic rings. The number of anilines is 1. The molecule has 2 aromatic rings. The summed E-state index contributed by atoms with van der Waals surface area (Å²) < 4.78 is 4.83. The minimum Gasteiger partial charge on any atom is -0.472 e. The zero-order valence-electron chi connectivity index (χ0n) is 10.6. The number of nitrogens with zero attached hydrogens (tertiary/aromatic N) is 2. The molecule has 0 radical (unpaired) electrons. The molecule has 21 heavy (non-hydrogen) atoms. The van der Waals surface area contributed by atoms with E-state index in [0.717, 1.165) is 0 Å². The zero-order valence-corrected chi connectivity index (χ0v) is 10.6. The number of nitriles is 1. The third kappa shape index (κ3) is 3.33. The molecule has 1 heterocycles. The molecule has 0 saturated heterocycles. The van der Waals surface area contributed by atoms with Gasteiger partial charge in [0, 0.05) is 11.6 Å². The van der Waals surface area contributed by atoms with Crippen LogP contribution in [0.2, 0.25) is 0 Å². The molecular weight excluding hydrogens is 274 g/mol. The monoisotopic (exact) mass is 283 g/mol. The molecular formula is C14H9N3O4. The van der Waals surface area contributed by atoms with E-state index < -0.39 is 10.8 Å². The molecule has 1 aromatic carbocycles. The molecule has 1 amide bonds. The van der Waals surface area contributed by atoms with E-state index in [1.165, 1.54) is 36.8 Å². The van der Waals surface area contributed by atoms with Crippen molar-refractivity contribution in [3.63, 3.8) is 0 Å². The Morgan fingerprint density at radius 1 is 1.38 bits per heavy atom. The zero-order chi connectivity index (χ0) is 15.2. The number of hydrogen-bond donors (Lipinski definition) is 1. The van der Waals surface area contributed by atoms with Gasteiger partial charge in [0.25, 0.3) is 11.6 Å². The summed E-state index contributed by atoms with van der Waals surface area (Å²) in [5.41, 5.74) is 0.145. The van der Waals surface area contributed by atoms with E-state index in [4.69, 9.17) is 9.68 Å². The van der Waals surface area contributed by atoms with Gasteiger partial charge in [0.05, 0.1) is 17.4 Å². The summed E-state index contributed by atoms with van der Waals surface area (Å²) in [4.78, 5) is 22.2. The summed E-state index contributed by atoms with van der Waals surface area (Å²) in [6, 6.07) is 9.02. The van der Waals surface area contributed by atoms with E-state index in [-0.39, 0.29) is 16.9 Å². The quantitative estimate of drug-likeness (QED) is 0.401. The number of amides is 1. The van der Waals surface area contributed by atoms with E-state index in [1.54, 1.807) is 18.2 Å². The summed E-state index contributed by atoms with van der Waals surface area (Å²) in [5.74, 6) is -0.729. The first-order chi connectivity index (χ1) is 10.1. The molecule has 0 saturated carbocycles. The Kier molecular flexibility index (Phi) is 4.11.